The maximum atomic E-state index is 12.4. The zero-order valence-corrected chi connectivity index (χ0v) is 27.7. The Morgan fingerprint density at radius 1 is 0.600 bits per heavy atom. The molecule has 10 heteroatoms. The third-order valence-corrected chi connectivity index (χ3v) is 7.82. The van der Waals surface area contributed by atoms with Gasteiger partial charge in [-0.1, -0.05) is 103 Å². The van der Waals surface area contributed by atoms with Gasteiger partial charge in [0.25, 0.3) is 11.8 Å². The Labute approximate surface area is 291 Å². The van der Waals surface area contributed by atoms with Crippen molar-refractivity contribution in [3.8, 4) is 0 Å². The van der Waals surface area contributed by atoms with Gasteiger partial charge in [-0.25, -0.2) is 4.79 Å². The van der Waals surface area contributed by atoms with Crippen LogP contribution < -0.4 is 22.1 Å². The third kappa shape index (κ3) is 10.7. The molecule has 50 heavy (non-hydrogen) atoms. The van der Waals surface area contributed by atoms with Gasteiger partial charge in [-0.2, -0.15) is 0 Å². The number of fused-ring (bicyclic) bond motifs is 1. The number of amides is 2. The molecule has 5 aromatic rings. The number of carbonyl (C=O) groups excluding carboxylic acids is 3. The van der Waals surface area contributed by atoms with E-state index < -0.39 is 0 Å². The van der Waals surface area contributed by atoms with Crippen molar-refractivity contribution in [1.29, 1.82) is 0 Å². The van der Waals surface area contributed by atoms with Crippen LogP contribution in [0.4, 0.5) is 0 Å². The zero-order chi connectivity index (χ0) is 35.7. The molecule has 1 heterocycles. The van der Waals surface area contributed by atoms with Crippen LogP contribution in [0.5, 0.6) is 0 Å². The summed E-state index contributed by atoms with van der Waals surface area (Å²) in [5.41, 5.74) is 18.7. The molecule has 0 spiro atoms. The molecule has 1 aliphatic heterocycles. The predicted molar refractivity (Wildman–Crippen MR) is 191 cm³/mol. The second-order valence-electron chi connectivity index (χ2n) is 11.3. The maximum Gasteiger partial charge on any atom is 0.338 e. The Kier molecular flexibility index (Phi) is 14.4. The Morgan fingerprint density at radius 3 is 1.52 bits per heavy atom. The van der Waals surface area contributed by atoms with E-state index in [9.17, 15) is 24.6 Å². The second kappa shape index (κ2) is 19.4. The largest absolute Gasteiger partial charge is 0.457 e. The van der Waals surface area contributed by atoms with Crippen LogP contribution in [0, 0.1) is 0 Å². The maximum absolute atomic E-state index is 12.4. The number of hydrogen-bond acceptors (Lipinski definition) is 8. The van der Waals surface area contributed by atoms with Crippen LogP contribution >= 0.6 is 0 Å². The monoisotopic (exact) mass is 674 g/mol. The van der Waals surface area contributed by atoms with Crippen LogP contribution in [-0.4, -0.2) is 28.0 Å². The minimum absolute atomic E-state index is 0.196. The van der Waals surface area contributed by atoms with E-state index in [1.165, 1.54) is 0 Å². The van der Waals surface area contributed by atoms with Gasteiger partial charge in [0.2, 0.25) is 0 Å². The number of nitrogens with one attached hydrogen (secondary N) is 2. The van der Waals surface area contributed by atoms with Crippen molar-refractivity contribution in [2.24, 2.45) is 11.5 Å². The van der Waals surface area contributed by atoms with Crippen LogP contribution in [0.25, 0.3) is 0 Å². The first-order valence-electron chi connectivity index (χ1n) is 16.1. The summed E-state index contributed by atoms with van der Waals surface area (Å²) in [5, 5.41) is 24.5. The molecule has 258 valence electrons. The molecule has 0 aromatic heterocycles. The zero-order valence-electron chi connectivity index (χ0n) is 27.7. The van der Waals surface area contributed by atoms with Crippen molar-refractivity contribution in [1.82, 2.24) is 10.6 Å². The number of aliphatic hydroxyl groups excluding tert-OH is 2. The molecule has 0 saturated carbocycles. The van der Waals surface area contributed by atoms with Gasteiger partial charge < -0.3 is 37.1 Å². The number of ether oxygens (including phenoxy) is 1. The summed E-state index contributed by atoms with van der Waals surface area (Å²) in [6.45, 7) is 1.88. The van der Waals surface area contributed by atoms with E-state index >= 15 is 0 Å². The van der Waals surface area contributed by atoms with Crippen LogP contribution in [0.2, 0.25) is 0 Å². The molecular weight excluding hydrogens is 632 g/mol. The summed E-state index contributed by atoms with van der Waals surface area (Å²) in [6.07, 6.45) is 0. The van der Waals surface area contributed by atoms with Gasteiger partial charge >= 0.3 is 5.97 Å². The van der Waals surface area contributed by atoms with Crippen LogP contribution in [0.15, 0.2) is 121 Å². The lowest BCUT2D eigenvalue weighted by Crippen LogP contribution is -2.25. The first kappa shape index (κ1) is 37.2. The smallest absolute Gasteiger partial charge is 0.338 e. The second-order valence-corrected chi connectivity index (χ2v) is 11.3. The molecule has 0 fully saturated rings. The van der Waals surface area contributed by atoms with E-state index in [1.807, 2.05) is 66.7 Å². The molecule has 0 atom stereocenters. The van der Waals surface area contributed by atoms with Crippen molar-refractivity contribution in [2.45, 2.75) is 46.0 Å². The highest BCUT2D eigenvalue weighted by molar-refractivity contribution is 5.96. The Morgan fingerprint density at radius 2 is 1.04 bits per heavy atom. The van der Waals surface area contributed by atoms with E-state index in [0.29, 0.717) is 60.6 Å². The summed E-state index contributed by atoms with van der Waals surface area (Å²) >= 11 is 0. The van der Waals surface area contributed by atoms with E-state index in [0.717, 1.165) is 27.8 Å². The summed E-state index contributed by atoms with van der Waals surface area (Å²) in [5.74, 6) is -0.700. The fraction of sp³-hybridized carbons (Fsp3) is 0.175. The van der Waals surface area contributed by atoms with E-state index in [1.54, 1.807) is 54.6 Å². The molecular formula is C40H42N4O6. The fourth-order valence-electron chi connectivity index (χ4n) is 5.11. The van der Waals surface area contributed by atoms with Gasteiger partial charge in [0, 0.05) is 42.9 Å². The number of rotatable bonds is 10. The quantitative estimate of drug-likeness (QED) is 0.117. The molecule has 0 saturated heterocycles. The molecule has 0 radical (unpaired) electrons. The molecule has 2 amide bonds. The average Bonchev–Trinajstić information content (AvgIpc) is 3.56. The SMILES string of the molecule is NCc1cccc(CN)c1.O=C(NCc1cccc(CNC(=O)c2ccccc2CO)c1)c1ccccc1CO.O=C1OCc2ccccc21. The first-order valence-corrected chi connectivity index (χ1v) is 16.1. The lowest BCUT2D eigenvalue weighted by molar-refractivity contribution is 0.0534. The molecule has 0 aliphatic carbocycles. The van der Waals surface area contributed by atoms with Gasteiger partial charge in [0.05, 0.1) is 18.8 Å². The highest BCUT2D eigenvalue weighted by Gasteiger charge is 2.19. The standard InChI is InChI=1S/C24H24N2O4.C8H12N2.C8H6O2/c27-15-19-8-1-3-10-21(19)23(29)25-13-17-6-5-7-18(12-17)14-26-24(30)22-11-4-2-9-20(22)16-28;9-5-7-2-1-3-8(4-7)6-10;9-8-7-4-2-1-3-6(7)5-10-8/h1-12,27-28H,13-16H2,(H,25,29)(H,26,30);1-4H,5-6,9-10H2;1-4H,5H2. The van der Waals surface area contributed by atoms with Crippen molar-refractivity contribution in [2.75, 3.05) is 0 Å². The number of benzene rings is 5. The molecule has 6 rings (SSSR count). The molecule has 0 bridgehead atoms. The molecule has 0 unspecified atom stereocenters. The van der Waals surface area contributed by atoms with Crippen LogP contribution in [0.3, 0.4) is 0 Å². The van der Waals surface area contributed by atoms with E-state index in [4.69, 9.17) is 16.2 Å². The van der Waals surface area contributed by atoms with Gasteiger partial charge in [-0.3, -0.25) is 9.59 Å². The summed E-state index contributed by atoms with van der Waals surface area (Å²) in [7, 11) is 0. The first-order chi connectivity index (χ1) is 24.4. The molecule has 1 aliphatic rings. The molecule has 8 N–H and O–H groups in total. The highest BCUT2D eigenvalue weighted by Crippen LogP contribution is 2.18. The predicted octanol–water partition coefficient (Wildman–Crippen LogP) is 4.49. The van der Waals surface area contributed by atoms with E-state index in [-0.39, 0.29) is 31.0 Å². The highest BCUT2D eigenvalue weighted by atomic mass is 16.5. The fourth-order valence-corrected chi connectivity index (χ4v) is 5.11. The third-order valence-electron chi connectivity index (χ3n) is 7.82. The number of aliphatic hydroxyl groups is 2. The van der Waals surface area contributed by atoms with Crippen molar-refractivity contribution >= 4 is 17.8 Å². The number of cyclic esters (lactones) is 1. The van der Waals surface area contributed by atoms with Gasteiger partial charge in [0.1, 0.15) is 6.61 Å². The topological polar surface area (TPSA) is 177 Å². The Balaban J connectivity index is 0.000000225. The van der Waals surface area contributed by atoms with Crippen molar-refractivity contribution < 1.29 is 29.3 Å². The van der Waals surface area contributed by atoms with Crippen LogP contribution in [0.1, 0.15) is 70.0 Å². The Hall–Kier alpha value is -5.65. The van der Waals surface area contributed by atoms with Crippen molar-refractivity contribution in [3.05, 3.63) is 177 Å². The molecule has 10 nitrogen and oxygen atoms in total. The number of esters is 1. The minimum Gasteiger partial charge on any atom is -0.457 e. The average molecular weight is 675 g/mol. The van der Waals surface area contributed by atoms with Crippen LogP contribution in [-0.2, 0) is 50.7 Å². The van der Waals surface area contributed by atoms with E-state index in [2.05, 4.69) is 10.6 Å². The normalized spacial score (nSPS) is 11.2. The number of carbonyl (C=O) groups is 3. The van der Waals surface area contributed by atoms with Gasteiger partial charge in [0.15, 0.2) is 0 Å². The summed E-state index contributed by atoms with van der Waals surface area (Å²) in [4.78, 5) is 35.7. The lowest BCUT2D eigenvalue weighted by atomic mass is 10.1. The lowest BCUT2D eigenvalue weighted by Gasteiger charge is -2.11. The minimum atomic E-state index is -0.251. The molecule has 5 aromatic carbocycles. The number of nitrogens with two attached hydrogens (primary N) is 2. The van der Waals surface area contributed by atoms with Crippen molar-refractivity contribution in [3.63, 3.8) is 0 Å². The van der Waals surface area contributed by atoms with Gasteiger partial charge in [-0.05, 0) is 51.6 Å². The summed E-state index contributed by atoms with van der Waals surface area (Å²) < 4.78 is 4.78. The summed E-state index contributed by atoms with van der Waals surface area (Å²) in [6, 6.07) is 36.9. The number of hydrogen-bond donors (Lipinski definition) is 6. The van der Waals surface area contributed by atoms with Gasteiger partial charge in [-0.15, -0.1) is 0 Å². The Bertz CT molecular complexity index is 1800.